The van der Waals surface area contributed by atoms with Crippen LogP contribution in [0.15, 0.2) is 43.1 Å². The molecule has 6 nitrogen and oxygen atoms in total. The molecule has 5 atom stereocenters. The Morgan fingerprint density at radius 1 is 1.24 bits per heavy atom. The van der Waals surface area contributed by atoms with Crippen LogP contribution in [0, 0.1) is 11.8 Å². The Bertz CT molecular complexity index is 1020. The maximum absolute atomic E-state index is 12.7. The first-order valence-electron chi connectivity index (χ1n) is 12.8. The lowest BCUT2D eigenvalue weighted by atomic mass is 9.73. The van der Waals surface area contributed by atoms with Gasteiger partial charge in [0.15, 0.2) is 0 Å². The molecule has 3 aliphatic heterocycles. The normalized spacial score (nSPS) is 27.9. The number of hydrogen-bond acceptors (Lipinski definition) is 6. The summed E-state index contributed by atoms with van der Waals surface area (Å²) in [4.78, 5) is 19.8. The van der Waals surface area contributed by atoms with Gasteiger partial charge in [0.05, 0.1) is 18.7 Å². The van der Waals surface area contributed by atoms with Crippen molar-refractivity contribution in [3.05, 3.63) is 48.7 Å². The van der Waals surface area contributed by atoms with Crippen LogP contribution in [-0.2, 0) is 14.3 Å². The summed E-state index contributed by atoms with van der Waals surface area (Å²) in [6, 6.07) is 8.17. The van der Waals surface area contributed by atoms with E-state index in [1.165, 1.54) is 12.8 Å². The van der Waals surface area contributed by atoms with Crippen LogP contribution in [0.2, 0.25) is 0 Å². The van der Waals surface area contributed by atoms with Gasteiger partial charge < -0.3 is 14.2 Å². The maximum Gasteiger partial charge on any atom is 0.332 e. The molecule has 6 heteroatoms. The second-order valence-electron chi connectivity index (χ2n) is 10.0. The van der Waals surface area contributed by atoms with Gasteiger partial charge in [0.1, 0.15) is 18.5 Å². The number of hydrogen-bond donors (Lipinski definition) is 0. The van der Waals surface area contributed by atoms with Crippen molar-refractivity contribution >= 4 is 16.9 Å². The fourth-order valence-corrected chi connectivity index (χ4v) is 6.18. The molecule has 34 heavy (non-hydrogen) atoms. The second kappa shape index (κ2) is 10.4. The topological polar surface area (TPSA) is 60.9 Å². The molecule has 6 rings (SSSR count). The molecule has 2 bridgehead atoms. The molecule has 0 radical (unpaired) electrons. The van der Waals surface area contributed by atoms with E-state index in [2.05, 4.69) is 22.5 Å². The number of piperidine rings is 3. The van der Waals surface area contributed by atoms with Gasteiger partial charge in [0.2, 0.25) is 0 Å². The number of fused-ring (bicyclic) bond motifs is 4. The van der Waals surface area contributed by atoms with E-state index in [1.807, 2.05) is 30.5 Å². The lowest BCUT2D eigenvalue weighted by molar-refractivity contribution is -0.161. The van der Waals surface area contributed by atoms with Gasteiger partial charge >= 0.3 is 5.97 Å². The lowest BCUT2D eigenvalue weighted by Gasteiger charge is -2.51. The van der Waals surface area contributed by atoms with Gasteiger partial charge in [-0.05, 0) is 86.7 Å². The summed E-state index contributed by atoms with van der Waals surface area (Å²) in [5, 5.41) is 1.01. The van der Waals surface area contributed by atoms with E-state index >= 15 is 0 Å². The molecule has 1 aromatic heterocycles. The smallest absolute Gasteiger partial charge is 0.332 e. The van der Waals surface area contributed by atoms with Crippen LogP contribution in [-0.4, -0.2) is 54.8 Å². The quantitative estimate of drug-likeness (QED) is 0.401. The Morgan fingerprint density at radius 3 is 2.82 bits per heavy atom. The fourth-order valence-electron chi connectivity index (χ4n) is 6.18. The number of carbonyl (C=O) groups excluding carboxylic acids is 1. The van der Waals surface area contributed by atoms with Crippen LogP contribution in [0.4, 0.5) is 0 Å². The number of methoxy groups -OCH3 is 1. The Kier molecular flexibility index (Phi) is 7.16. The molecule has 4 heterocycles. The van der Waals surface area contributed by atoms with E-state index in [0.29, 0.717) is 11.8 Å². The van der Waals surface area contributed by atoms with E-state index < -0.39 is 0 Å². The number of rotatable bonds is 8. The Labute approximate surface area is 202 Å². The molecule has 0 N–H and O–H groups in total. The molecule has 1 aliphatic carbocycles. The van der Waals surface area contributed by atoms with Crippen LogP contribution in [0.25, 0.3) is 10.9 Å². The van der Waals surface area contributed by atoms with Crippen molar-refractivity contribution in [2.75, 3.05) is 26.8 Å². The summed E-state index contributed by atoms with van der Waals surface area (Å²) in [7, 11) is 1.67. The van der Waals surface area contributed by atoms with Crippen molar-refractivity contribution in [2.45, 2.75) is 63.2 Å². The summed E-state index contributed by atoms with van der Waals surface area (Å²) in [6.07, 6.45) is 11.4. The molecule has 1 saturated carbocycles. The summed E-state index contributed by atoms with van der Waals surface area (Å²) in [5.74, 6) is 1.66. The average molecular weight is 465 g/mol. The minimum Gasteiger partial charge on any atom is -0.497 e. The van der Waals surface area contributed by atoms with Gasteiger partial charge in [0.25, 0.3) is 0 Å². The number of ether oxygens (including phenoxy) is 3. The van der Waals surface area contributed by atoms with Gasteiger partial charge in [-0.2, -0.15) is 0 Å². The summed E-state index contributed by atoms with van der Waals surface area (Å²) in [5.41, 5.74) is 1.96. The zero-order valence-corrected chi connectivity index (χ0v) is 20.2. The fraction of sp³-hybridized carbons (Fsp3) is 0.571. The Balaban J connectivity index is 1.41. The first-order valence-corrected chi connectivity index (χ1v) is 12.8. The molecule has 0 amide bonds. The van der Waals surface area contributed by atoms with Crippen molar-refractivity contribution in [1.82, 2.24) is 9.88 Å². The van der Waals surface area contributed by atoms with Crippen LogP contribution in [0.1, 0.15) is 56.6 Å². The Morgan fingerprint density at radius 2 is 2.09 bits per heavy atom. The second-order valence-corrected chi connectivity index (χ2v) is 10.0. The predicted octanol–water partition coefficient (Wildman–Crippen LogP) is 5.07. The number of benzene rings is 1. The van der Waals surface area contributed by atoms with E-state index in [4.69, 9.17) is 14.2 Å². The van der Waals surface area contributed by atoms with Gasteiger partial charge in [-0.1, -0.05) is 12.5 Å². The summed E-state index contributed by atoms with van der Waals surface area (Å²) >= 11 is 0. The molecular formula is C28H36N2O4. The van der Waals surface area contributed by atoms with E-state index in [9.17, 15) is 4.79 Å². The van der Waals surface area contributed by atoms with Crippen molar-refractivity contribution in [1.29, 1.82) is 0 Å². The molecule has 2 unspecified atom stereocenters. The van der Waals surface area contributed by atoms with E-state index in [0.717, 1.165) is 67.4 Å². The van der Waals surface area contributed by atoms with Crippen molar-refractivity contribution in [3.8, 4) is 5.75 Å². The number of carbonyl (C=O) groups is 1. The van der Waals surface area contributed by atoms with Crippen molar-refractivity contribution in [2.24, 2.45) is 11.8 Å². The van der Waals surface area contributed by atoms with E-state index in [1.54, 1.807) is 7.11 Å². The number of pyridine rings is 1. The monoisotopic (exact) mass is 464 g/mol. The van der Waals surface area contributed by atoms with Crippen LogP contribution < -0.4 is 4.74 Å². The summed E-state index contributed by atoms with van der Waals surface area (Å²) < 4.78 is 17.7. The highest BCUT2D eigenvalue weighted by Gasteiger charge is 2.43. The summed E-state index contributed by atoms with van der Waals surface area (Å²) in [6.45, 7) is 6.08. The van der Waals surface area contributed by atoms with E-state index in [-0.39, 0.29) is 30.8 Å². The number of aromatic nitrogens is 1. The number of nitrogens with zero attached hydrogens (tertiary/aromatic N) is 2. The molecule has 1 aromatic carbocycles. The third-order valence-corrected chi connectivity index (χ3v) is 8.02. The molecule has 4 aliphatic rings. The molecule has 4 fully saturated rings. The first-order chi connectivity index (χ1) is 16.7. The van der Waals surface area contributed by atoms with Gasteiger partial charge in [-0.3, -0.25) is 9.88 Å². The zero-order chi connectivity index (χ0) is 23.5. The van der Waals surface area contributed by atoms with Crippen molar-refractivity contribution in [3.63, 3.8) is 0 Å². The average Bonchev–Trinajstić information content (AvgIpc) is 2.89. The minimum absolute atomic E-state index is 0.0329. The first kappa shape index (κ1) is 23.3. The largest absolute Gasteiger partial charge is 0.497 e. The van der Waals surface area contributed by atoms with Gasteiger partial charge in [-0.15, -0.1) is 6.58 Å². The molecule has 3 saturated heterocycles. The van der Waals surface area contributed by atoms with Crippen molar-refractivity contribution < 1.29 is 19.0 Å². The minimum atomic E-state index is -0.257. The predicted molar refractivity (Wildman–Crippen MR) is 132 cm³/mol. The van der Waals surface area contributed by atoms with Crippen LogP contribution >= 0.6 is 0 Å². The van der Waals surface area contributed by atoms with Gasteiger partial charge in [0, 0.05) is 24.2 Å². The zero-order valence-electron chi connectivity index (χ0n) is 20.2. The molecular weight excluding hydrogens is 428 g/mol. The standard InChI is InChI=1S/C28H36N2O4/c1-3-19-17-30-14-12-20(19)15-26(30)28(33-18-27(31)34-21-7-5-4-6-8-21)23-11-13-29-25-10-9-22(32-2)16-24(23)25/h3,9-11,13,16,19-21,26,28H,1,4-8,12,14-15,17-18H2,2H3/t19-,20?,26-,28-/m1/s1. The maximum atomic E-state index is 12.7. The molecule has 0 spiro atoms. The lowest BCUT2D eigenvalue weighted by Crippen LogP contribution is -2.55. The molecule has 182 valence electrons. The highest BCUT2D eigenvalue weighted by molar-refractivity contribution is 5.84. The highest BCUT2D eigenvalue weighted by atomic mass is 16.6. The van der Waals surface area contributed by atoms with Gasteiger partial charge in [-0.25, -0.2) is 4.79 Å². The third kappa shape index (κ3) is 4.84. The number of esters is 1. The Hall–Kier alpha value is -2.44. The third-order valence-electron chi connectivity index (χ3n) is 8.02. The van der Waals surface area contributed by atoms with Crippen LogP contribution in [0.5, 0.6) is 5.75 Å². The van der Waals surface area contributed by atoms with Crippen LogP contribution in [0.3, 0.4) is 0 Å². The molecule has 2 aromatic rings. The highest BCUT2D eigenvalue weighted by Crippen LogP contribution is 2.43. The SMILES string of the molecule is C=C[C@@H]1CN2CCC1C[C@@H]2[C@H](OCC(=O)OC1CCCCC1)c1ccnc2ccc(OC)cc12.